The zero-order chi connectivity index (χ0) is 28.1. The summed E-state index contributed by atoms with van der Waals surface area (Å²) in [7, 11) is -2.26. The highest BCUT2D eigenvalue weighted by molar-refractivity contribution is 7.91. The fourth-order valence-corrected chi connectivity index (χ4v) is 6.26. The number of benzene rings is 3. The number of hydrogen-bond acceptors (Lipinski definition) is 7. The standard InChI is InChI=1S/C31H31N3O5S/c1-38-29-16-13-23(18-30(29)39-24-9-5-6-10-24)34(21-22-8-7-17-33-20-22)28-15-14-26(19-27(28)31(32)35)40(36,37)25-11-3-2-4-12-25/h2-4,7-8,11-20,24H,5-6,9-10,21H2,1H3,(H2,32,35). The first-order valence-electron chi connectivity index (χ1n) is 13.1. The summed E-state index contributed by atoms with van der Waals surface area (Å²) in [6, 6.07) is 21.9. The fraction of sp³-hybridized carbons (Fsp3) is 0.226. The molecule has 0 unspecified atom stereocenters. The molecule has 1 fully saturated rings. The van der Waals surface area contributed by atoms with Crippen molar-refractivity contribution in [2.75, 3.05) is 12.0 Å². The van der Waals surface area contributed by atoms with E-state index in [1.54, 1.807) is 43.8 Å². The number of methoxy groups -OCH3 is 1. The van der Waals surface area contributed by atoms with E-state index in [-0.39, 0.29) is 21.5 Å². The van der Waals surface area contributed by atoms with E-state index in [4.69, 9.17) is 15.2 Å². The van der Waals surface area contributed by atoms with Gasteiger partial charge in [0.1, 0.15) is 0 Å². The van der Waals surface area contributed by atoms with E-state index < -0.39 is 15.7 Å². The minimum absolute atomic E-state index is 0.0161. The predicted octanol–water partition coefficient (Wildman–Crippen LogP) is 5.68. The van der Waals surface area contributed by atoms with E-state index in [0.29, 0.717) is 23.7 Å². The molecule has 1 heterocycles. The average molecular weight is 558 g/mol. The number of rotatable bonds is 10. The number of pyridine rings is 1. The van der Waals surface area contributed by atoms with Crippen LogP contribution >= 0.6 is 0 Å². The van der Waals surface area contributed by atoms with E-state index >= 15 is 0 Å². The third kappa shape index (κ3) is 5.79. The number of ether oxygens (including phenoxy) is 2. The molecule has 8 nitrogen and oxygen atoms in total. The van der Waals surface area contributed by atoms with Gasteiger partial charge in [-0.15, -0.1) is 0 Å². The van der Waals surface area contributed by atoms with Crippen molar-refractivity contribution in [2.24, 2.45) is 5.73 Å². The maximum Gasteiger partial charge on any atom is 0.250 e. The Balaban J connectivity index is 1.61. The molecule has 5 rings (SSSR count). The van der Waals surface area contributed by atoms with Crippen LogP contribution in [0.4, 0.5) is 11.4 Å². The van der Waals surface area contributed by atoms with Crippen LogP contribution in [-0.4, -0.2) is 32.5 Å². The van der Waals surface area contributed by atoms with Gasteiger partial charge in [-0.25, -0.2) is 8.42 Å². The second-order valence-corrected chi connectivity index (χ2v) is 11.6. The number of amides is 1. The van der Waals surface area contributed by atoms with Crippen molar-refractivity contribution in [1.82, 2.24) is 4.98 Å². The zero-order valence-electron chi connectivity index (χ0n) is 22.2. The van der Waals surface area contributed by atoms with E-state index in [9.17, 15) is 13.2 Å². The van der Waals surface area contributed by atoms with Crippen LogP contribution in [0.2, 0.25) is 0 Å². The molecule has 0 spiro atoms. The summed E-state index contributed by atoms with van der Waals surface area (Å²) >= 11 is 0. The van der Waals surface area contributed by atoms with Gasteiger partial charge in [-0.3, -0.25) is 9.78 Å². The second kappa shape index (κ2) is 11.8. The second-order valence-electron chi connectivity index (χ2n) is 9.67. The van der Waals surface area contributed by atoms with Crippen LogP contribution in [0, 0.1) is 0 Å². The topological polar surface area (TPSA) is 112 Å². The molecule has 1 aliphatic carbocycles. The monoisotopic (exact) mass is 557 g/mol. The van der Waals surface area contributed by atoms with Crippen molar-refractivity contribution in [3.05, 3.63) is 102 Å². The minimum Gasteiger partial charge on any atom is -0.493 e. The number of anilines is 2. The molecule has 9 heteroatoms. The van der Waals surface area contributed by atoms with Crippen molar-refractivity contribution in [3.63, 3.8) is 0 Å². The highest BCUT2D eigenvalue weighted by Gasteiger charge is 2.25. The Morgan fingerprint density at radius 1 is 0.950 bits per heavy atom. The van der Waals surface area contributed by atoms with Crippen molar-refractivity contribution in [2.45, 2.75) is 48.1 Å². The number of nitrogens with zero attached hydrogens (tertiary/aromatic N) is 2. The van der Waals surface area contributed by atoms with Crippen molar-refractivity contribution < 1.29 is 22.7 Å². The largest absolute Gasteiger partial charge is 0.493 e. The first kappa shape index (κ1) is 27.2. The highest BCUT2D eigenvalue weighted by atomic mass is 32.2. The van der Waals surface area contributed by atoms with Gasteiger partial charge in [0.15, 0.2) is 11.5 Å². The quantitative estimate of drug-likeness (QED) is 0.267. The number of primary amides is 1. The summed E-state index contributed by atoms with van der Waals surface area (Å²) in [5.74, 6) is 0.468. The molecule has 2 N–H and O–H groups in total. The molecule has 3 aromatic carbocycles. The normalized spacial score (nSPS) is 13.6. The number of aromatic nitrogens is 1. The maximum absolute atomic E-state index is 13.3. The Hall–Kier alpha value is -4.37. The smallest absolute Gasteiger partial charge is 0.250 e. The molecular formula is C31H31N3O5S. The van der Waals surface area contributed by atoms with E-state index in [0.717, 1.165) is 36.9 Å². The summed E-state index contributed by atoms with van der Waals surface area (Å²) in [4.78, 5) is 19.0. The van der Waals surface area contributed by atoms with Gasteiger partial charge in [-0.2, -0.15) is 0 Å². The molecule has 4 aromatic rings. The van der Waals surface area contributed by atoms with Gasteiger partial charge in [0, 0.05) is 30.7 Å². The third-order valence-electron chi connectivity index (χ3n) is 7.01. The van der Waals surface area contributed by atoms with E-state index in [1.165, 1.54) is 24.3 Å². The van der Waals surface area contributed by atoms with Gasteiger partial charge in [-0.1, -0.05) is 24.3 Å². The lowest BCUT2D eigenvalue weighted by Gasteiger charge is -2.28. The van der Waals surface area contributed by atoms with Crippen LogP contribution in [0.15, 0.2) is 101 Å². The number of hydrogen-bond donors (Lipinski definition) is 1. The van der Waals surface area contributed by atoms with Crippen molar-refractivity contribution >= 4 is 27.1 Å². The zero-order valence-corrected chi connectivity index (χ0v) is 23.0. The number of carbonyl (C=O) groups is 1. The Morgan fingerprint density at radius 2 is 1.73 bits per heavy atom. The summed E-state index contributed by atoms with van der Waals surface area (Å²) in [5.41, 5.74) is 7.98. The molecular weight excluding hydrogens is 526 g/mol. The Labute approximate surface area is 234 Å². The summed E-state index contributed by atoms with van der Waals surface area (Å²) in [6.07, 6.45) is 7.75. The number of carbonyl (C=O) groups excluding carboxylic acids is 1. The van der Waals surface area contributed by atoms with Gasteiger partial charge in [0.2, 0.25) is 9.84 Å². The van der Waals surface area contributed by atoms with Crippen LogP contribution in [0.5, 0.6) is 11.5 Å². The lowest BCUT2D eigenvalue weighted by molar-refractivity contribution is 0.100. The molecule has 40 heavy (non-hydrogen) atoms. The lowest BCUT2D eigenvalue weighted by Crippen LogP contribution is -2.23. The lowest BCUT2D eigenvalue weighted by atomic mass is 10.1. The molecule has 1 saturated carbocycles. The average Bonchev–Trinajstić information content (AvgIpc) is 3.50. The minimum atomic E-state index is -3.86. The van der Waals surface area contributed by atoms with Crippen LogP contribution in [0.1, 0.15) is 41.6 Å². The molecule has 1 amide bonds. The predicted molar refractivity (Wildman–Crippen MR) is 153 cm³/mol. The van der Waals surface area contributed by atoms with Crippen LogP contribution in [-0.2, 0) is 16.4 Å². The molecule has 0 saturated heterocycles. The molecule has 0 radical (unpaired) electrons. The van der Waals surface area contributed by atoms with E-state index in [2.05, 4.69) is 4.98 Å². The first-order chi connectivity index (χ1) is 19.4. The van der Waals surface area contributed by atoms with Crippen molar-refractivity contribution in [1.29, 1.82) is 0 Å². The summed E-state index contributed by atoms with van der Waals surface area (Å²) in [6.45, 7) is 0.341. The van der Waals surface area contributed by atoms with Crippen LogP contribution in [0.3, 0.4) is 0 Å². The molecule has 0 atom stereocenters. The molecule has 1 aromatic heterocycles. The van der Waals surface area contributed by atoms with Gasteiger partial charge in [0.25, 0.3) is 5.91 Å². The molecule has 0 bridgehead atoms. The van der Waals surface area contributed by atoms with Gasteiger partial charge in [0.05, 0.1) is 34.3 Å². The Morgan fingerprint density at radius 3 is 2.40 bits per heavy atom. The van der Waals surface area contributed by atoms with Gasteiger partial charge in [-0.05, 0) is 79.8 Å². The number of nitrogens with two attached hydrogens (primary N) is 1. The Kier molecular flexibility index (Phi) is 8.02. The third-order valence-corrected chi connectivity index (χ3v) is 8.77. The maximum atomic E-state index is 13.3. The highest BCUT2D eigenvalue weighted by Crippen LogP contribution is 2.39. The summed E-state index contributed by atoms with van der Waals surface area (Å²) < 4.78 is 38.6. The number of sulfone groups is 1. The SMILES string of the molecule is COc1ccc(N(Cc2cccnc2)c2ccc(S(=O)(=O)c3ccccc3)cc2C(N)=O)cc1OC1CCCC1. The van der Waals surface area contributed by atoms with E-state index in [1.807, 2.05) is 35.2 Å². The molecule has 0 aliphatic heterocycles. The van der Waals surface area contributed by atoms with Crippen LogP contribution in [0.25, 0.3) is 0 Å². The molecule has 1 aliphatic rings. The summed E-state index contributed by atoms with van der Waals surface area (Å²) in [5, 5.41) is 0. The fourth-order valence-electron chi connectivity index (χ4n) is 4.95. The van der Waals surface area contributed by atoms with Crippen molar-refractivity contribution in [3.8, 4) is 11.5 Å². The van der Waals surface area contributed by atoms with Gasteiger partial charge >= 0.3 is 0 Å². The first-order valence-corrected chi connectivity index (χ1v) is 14.6. The Bertz CT molecular complexity index is 1590. The molecule has 206 valence electrons. The van der Waals surface area contributed by atoms with Gasteiger partial charge < -0.3 is 20.1 Å². The van der Waals surface area contributed by atoms with Crippen LogP contribution < -0.4 is 20.1 Å².